The molecule has 0 aliphatic heterocycles. The third kappa shape index (κ3) is 1.78. The number of hydrogen-bond acceptors (Lipinski definition) is 3. The molecule has 0 aliphatic carbocycles. The molecule has 0 radical (unpaired) electrons. The molecule has 0 saturated carbocycles. The molecule has 1 heterocycles. The molecule has 3 nitrogen and oxygen atoms in total. The number of fused-ring (bicyclic) bond motifs is 1. The topological polar surface area (TPSA) is 39.2 Å². The Bertz CT molecular complexity index is 525. The van der Waals surface area contributed by atoms with Crippen LogP contribution in [0.5, 0.6) is 5.75 Å². The second-order valence-corrected chi connectivity index (χ2v) is 3.34. The van der Waals surface area contributed by atoms with Crippen LogP contribution in [0.15, 0.2) is 30.3 Å². The van der Waals surface area contributed by atoms with Crippen molar-refractivity contribution >= 4 is 27.7 Å². The van der Waals surface area contributed by atoms with E-state index in [1.54, 1.807) is 13.2 Å². The van der Waals surface area contributed by atoms with E-state index in [1.807, 2.05) is 18.2 Å². The predicted octanol–water partition coefficient (Wildman–Crippen LogP) is 2.62. The van der Waals surface area contributed by atoms with Crippen molar-refractivity contribution < 1.29 is 9.53 Å². The van der Waals surface area contributed by atoms with Crippen LogP contribution in [0.4, 0.5) is 0 Å². The van der Waals surface area contributed by atoms with E-state index < -0.39 is 5.24 Å². The zero-order valence-corrected chi connectivity index (χ0v) is 8.78. The SMILES string of the molecule is COc1cc(C(=O)Cl)nc2ccccc12. The van der Waals surface area contributed by atoms with Gasteiger partial charge in [0.25, 0.3) is 5.24 Å². The summed E-state index contributed by atoms with van der Waals surface area (Å²) in [5, 5.41) is 0.278. The average molecular weight is 222 g/mol. The number of hydrogen-bond donors (Lipinski definition) is 0. The summed E-state index contributed by atoms with van der Waals surface area (Å²) in [4.78, 5) is 15.1. The Morgan fingerprint density at radius 1 is 1.40 bits per heavy atom. The third-order valence-corrected chi connectivity index (χ3v) is 2.29. The fourth-order valence-electron chi connectivity index (χ4n) is 1.41. The fourth-order valence-corrected chi connectivity index (χ4v) is 1.51. The maximum absolute atomic E-state index is 11.0. The lowest BCUT2D eigenvalue weighted by Gasteiger charge is -2.05. The number of aromatic nitrogens is 1. The fraction of sp³-hybridized carbons (Fsp3) is 0.0909. The number of methoxy groups -OCH3 is 1. The molecule has 4 heteroatoms. The number of pyridine rings is 1. The van der Waals surface area contributed by atoms with Crippen LogP contribution in [0.25, 0.3) is 10.9 Å². The summed E-state index contributed by atoms with van der Waals surface area (Å²) in [5.74, 6) is 0.601. The van der Waals surface area contributed by atoms with Gasteiger partial charge in [-0.15, -0.1) is 0 Å². The Morgan fingerprint density at radius 3 is 2.80 bits per heavy atom. The molecule has 0 amide bonds. The summed E-state index contributed by atoms with van der Waals surface area (Å²) in [6.07, 6.45) is 0. The van der Waals surface area contributed by atoms with Crippen LogP contribution < -0.4 is 4.74 Å². The highest BCUT2D eigenvalue weighted by molar-refractivity contribution is 6.67. The number of rotatable bonds is 2. The van der Waals surface area contributed by atoms with Crippen LogP contribution >= 0.6 is 11.6 Å². The Kier molecular flexibility index (Phi) is 2.56. The number of carbonyl (C=O) groups is 1. The lowest BCUT2D eigenvalue weighted by atomic mass is 10.2. The molecule has 0 atom stereocenters. The molecule has 2 aromatic rings. The molecule has 1 aromatic carbocycles. The second kappa shape index (κ2) is 3.87. The van der Waals surface area contributed by atoms with Crippen molar-refractivity contribution in [3.63, 3.8) is 0 Å². The molecule has 0 N–H and O–H groups in total. The van der Waals surface area contributed by atoms with Gasteiger partial charge in [0.2, 0.25) is 0 Å². The standard InChI is InChI=1S/C11H8ClNO2/c1-15-10-6-9(11(12)14)13-8-5-3-2-4-7(8)10/h2-6H,1H3. The van der Waals surface area contributed by atoms with Gasteiger partial charge in [0.15, 0.2) is 0 Å². The lowest BCUT2D eigenvalue weighted by molar-refractivity contribution is 0.107. The van der Waals surface area contributed by atoms with Gasteiger partial charge in [-0.1, -0.05) is 12.1 Å². The molecule has 0 spiro atoms. The van der Waals surface area contributed by atoms with E-state index in [9.17, 15) is 4.79 Å². The van der Waals surface area contributed by atoms with Crippen molar-refractivity contribution in [2.45, 2.75) is 0 Å². The maximum atomic E-state index is 11.0. The highest BCUT2D eigenvalue weighted by Crippen LogP contribution is 2.25. The summed E-state index contributed by atoms with van der Waals surface area (Å²) in [6, 6.07) is 8.95. The van der Waals surface area contributed by atoms with Gasteiger partial charge in [-0.3, -0.25) is 4.79 Å². The minimum absolute atomic E-state index is 0.201. The normalized spacial score (nSPS) is 10.3. The Hall–Kier alpha value is -1.61. The summed E-state index contributed by atoms with van der Waals surface area (Å²) < 4.78 is 5.17. The van der Waals surface area contributed by atoms with Crippen LogP contribution in [0.2, 0.25) is 0 Å². The van der Waals surface area contributed by atoms with Crippen molar-refractivity contribution in [2.75, 3.05) is 7.11 Å². The zero-order valence-electron chi connectivity index (χ0n) is 8.03. The molecule has 0 saturated heterocycles. The first-order valence-corrected chi connectivity index (χ1v) is 4.74. The minimum Gasteiger partial charge on any atom is -0.496 e. The Balaban J connectivity index is 2.77. The van der Waals surface area contributed by atoms with Crippen molar-refractivity contribution in [1.29, 1.82) is 0 Å². The van der Waals surface area contributed by atoms with Gasteiger partial charge in [-0.25, -0.2) is 4.98 Å². The average Bonchev–Trinajstić information content (AvgIpc) is 2.27. The van der Waals surface area contributed by atoms with Gasteiger partial charge in [0, 0.05) is 11.5 Å². The van der Waals surface area contributed by atoms with Crippen LogP contribution in [-0.4, -0.2) is 17.3 Å². The predicted molar refractivity (Wildman–Crippen MR) is 58.5 cm³/mol. The van der Waals surface area contributed by atoms with Gasteiger partial charge in [-0.05, 0) is 23.7 Å². The molecule has 0 fully saturated rings. The van der Waals surface area contributed by atoms with E-state index in [0.29, 0.717) is 11.3 Å². The van der Waals surface area contributed by atoms with E-state index in [0.717, 1.165) is 5.39 Å². The molecule has 0 unspecified atom stereocenters. The molecule has 0 bridgehead atoms. The maximum Gasteiger partial charge on any atom is 0.270 e. The van der Waals surface area contributed by atoms with Crippen molar-refractivity contribution in [3.8, 4) is 5.75 Å². The van der Waals surface area contributed by atoms with Gasteiger partial charge in [0.1, 0.15) is 11.4 Å². The summed E-state index contributed by atoms with van der Waals surface area (Å²) >= 11 is 5.38. The number of halogens is 1. The lowest BCUT2D eigenvalue weighted by Crippen LogP contribution is -1.96. The van der Waals surface area contributed by atoms with Crippen molar-refractivity contribution in [2.24, 2.45) is 0 Å². The van der Waals surface area contributed by atoms with Gasteiger partial charge in [0.05, 0.1) is 12.6 Å². The number of carbonyl (C=O) groups excluding carboxylic acids is 1. The Labute approximate surface area is 91.6 Å². The van der Waals surface area contributed by atoms with Gasteiger partial charge >= 0.3 is 0 Å². The highest BCUT2D eigenvalue weighted by atomic mass is 35.5. The van der Waals surface area contributed by atoms with E-state index in [2.05, 4.69) is 4.98 Å². The molecule has 0 aliphatic rings. The van der Waals surface area contributed by atoms with Crippen LogP contribution in [0.1, 0.15) is 10.5 Å². The summed E-state index contributed by atoms with van der Waals surface area (Å²) in [5.41, 5.74) is 0.896. The van der Waals surface area contributed by atoms with Gasteiger partial charge < -0.3 is 4.74 Å². The third-order valence-electron chi connectivity index (χ3n) is 2.10. The van der Waals surface area contributed by atoms with Crippen molar-refractivity contribution in [1.82, 2.24) is 4.98 Å². The molecule has 2 rings (SSSR count). The highest BCUT2D eigenvalue weighted by Gasteiger charge is 2.09. The first-order valence-electron chi connectivity index (χ1n) is 4.36. The first kappa shape index (κ1) is 9.93. The van der Waals surface area contributed by atoms with E-state index in [4.69, 9.17) is 16.3 Å². The summed E-state index contributed by atoms with van der Waals surface area (Å²) in [6.45, 7) is 0. The Morgan fingerprint density at radius 2 is 2.13 bits per heavy atom. The minimum atomic E-state index is -0.584. The molecular weight excluding hydrogens is 214 g/mol. The number of nitrogens with zero attached hydrogens (tertiary/aromatic N) is 1. The van der Waals surface area contributed by atoms with Crippen molar-refractivity contribution in [3.05, 3.63) is 36.0 Å². The van der Waals surface area contributed by atoms with Gasteiger partial charge in [-0.2, -0.15) is 0 Å². The molecular formula is C11H8ClNO2. The van der Waals surface area contributed by atoms with Crippen LogP contribution in [-0.2, 0) is 0 Å². The molecule has 1 aromatic heterocycles. The van der Waals surface area contributed by atoms with Crippen LogP contribution in [0, 0.1) is 0 Å². The largest absolute Gasteiger partial charge is 0.496 e. The van der Waals surface area contributed by atoms with E-state index >= 15 is 0 Å². The molecule has 15 heavy (non-hydrogen) atoms. The van der Waals surface area contributed by atoms with E-state index in [1.165, 1.54) is 6.07 Å². The van der Waals surface area contributed by atoms with E-state index in [-0.39, 0.29) is 5.69 Å². The van der Waals surface area contributed by atoms with Crippen LogP contribution in [0.3, 0.4) is 0 Å². The molecule has 76 valence electrons. The second-order valence-electron chi connectivity index (χ2n) is 3.00. The number of ether oxygens (including phenoxy) is 1. The summed E-state index contributed by atoms with van der Waals surface area (Å²) in [7, 11) is 1.55. The smallest absolute Gasteiger partial charge is 0.270 e. The quantitative estimate of drug-likeness (QED) is 0.732. The number of para-hydroxylation sites is 1. The zero-order chi connectivity index (χ0) is 10.8. The monoisotopic (exact) mass is 221 g/mol. The first-order chi connectivity index (χ1) is 7.22. The number of benzene rings is 1.